The number of aromatic nitrogens is 3. The number of nitrogens with one attached hydrogen (secondary N) is 1. The quantitative estimate of drug-likeness (QED) is 0.738. The minimum absolute atomic E-state index is 0.970. The van der Waals surface area contributed by atoms with Gasteiger partial charge in [0.1, 0.15) is 5.82 Å². The zero-order valence-corrected chi connectivity index (χ0v) is 7.73. The Morgan fingerprint density at radius 1 is 1.06 bits per heavy atom. The number of alkyl halides is 6. The largest absolute Gasteiger partial charge is 0.407 e. The second-order valence-electron chi connectivity index (χ2n) is 2.91. The molecule has 1 aromatic rings. The van der Waals surface area contributed by atoms with Gasteiger partial charge >= 0.3 is 18.0 Å². The molecule has 0 radical (unpaired) electrons. The highest BCUT2D eigenvalue weighted by Gasteiger charge is 2.59. The van der Waals surface area contributed by atoms with Gasteiger partial charge < -0.3 is 5.73 Å². The molecular formula is C6H4F6N4O. The highest BCUT2D eigenvalue weighted by atomic mass is 19.4. The average Bonchev–Trinajstić information content (AvgIpc) is 1.93. The second kappa shape index (κ2) is 3.89. The predicted octanol–water partition coefficient (Wildman–Crippen LogP) is 0.955. The zero-order valence-electron chi connectivity index (χ0n) is 7.73. The third-order valence-electron chi connectivity index (χ3n) is 1.61. The first-order valence-electron chi connectivity index (χ1n) is 3.89. The Kier molecular flexibility index (Phi) is 3.03. The summed E-state index contributed by atoms with van der Waals surface area (Å²) in [6, 6.07) is 0. The fraction of sp³-hybridized carbons (Fsp3) is 0.500. The molecular weight excluding hydrogens is 258 g/mol. The number of nitrogen functional groups attached to an aromatic ring is 1. The Bertz CT molecular complexity index is 449. The van der Waals surface area contributed by atoms with Crippen LogP contribution in [0.2, 0.25) is 0 Å². The fourth-order valence-corrected chi connectivity index (χ4v) is 1.05. The summed E-state index contributed by atoms with van der Waals surface area (Å²) >= 11 is 0. The first-order chi connectivity index (χ1) is 7.51. The van der Waals surface area contributed by atoms with Crippen LogP contribution in [0.15, 0.2) is 4.79 Å². The number of aromatic amines is 1. The normalized spacial score (nSPS) is 13.1. The van der Waals surface area contributed by atoms with E-state index in [1.165, 1.54) is 4.98 Å². The van der Waals surface area contributed by atoms with Gasteiger partial charge in [-0.05, 0) is 0 Å². The summed E-state index contributed by atoms with van der Waals surface area (Å²) in [7, 11) is 0. The Morgan fingerprint density at radius 3 is 1.88 bits per heavy atom. The molecule has 0 saturated heterocycles. The number of hydrogen-bond acceptors (Lipinski definition) is 4. The topological polar surface area (TPSA) is 84.7 Å². The maximum Gasteiger partial charge on any atom is 0.407 e. The molecule has 0 atom stereocenters. The lowest BCUT2D eigenvalue weighted by Gasteiger charge is -2.21. The third-order valence-corrected chi connectivity index (χ3v) is 1.61. The summed E-state index contributed by atoms with van der Waals surface area (Å²) in [5, 5.41) is 0. The Balaban J connectivity index is 3.38. The summed E-state index contributed by atoms with van der Waals surface area (Å²) in [4.78, 5) is 17.5. The lowest BCUT2D eigenvalue weighted by Crippen LogP contribution is -2.37. The van der Waals surface area contributed by atoms with E-state index in [9.17, 15) is 31.1 Å². The molecule has 3 N–H and O–H groups in total. The van der Waals surface area contributed by atoms with E-state index in [2.05, 4.69) is 9.97 Å². The lowest BCUT2D eigenvalue weighted by molar-refractivity contribution is -0.255. The van der Waals surface area contributed by atoms with Crippen LogP contribution >= 0.6 is 0 Å². The molecule has 0 aromatic carbocycles. The minimum atomic E-state index is -5.65. The summed E-state index contributed by atoms with van der Waals surface area (Å²) in [5.41, 5.74) is 3.37. The molecule has 0 spiro atoms. The van der Waals surface area contributed by atoms with Crippen LogP contribution in [-0.2, 0) is 0 Å². The van der Waals surface area contributed by atoms with Crippen LogP contribution in [0.3, 0.4) is 0 Å². The van der Waals surface area contributed by atoms with E-state index >= 15 is 0 Å². The van der Waals surface area contributed by atoms with Crippen molar-refractivity contribution < 1.29 is 26.3 Å². The lowest BCUT2D eigenvalue weighted by atomic mass is 10.1. The van der Waals surface area contributed by atoms with Gasteiger partial charge in [0.25, 0.3) is 0 Å². The first-order valence-corrected chi connectivity index (χ1v) is 3.89. The average molecular weight is 262 g/mol. The van der Waals surface area contributed by atoms with E-state index in [0.717, 1.165) is 0 Å². The van der Waals surface area contributed by atoms with Crippen molar-refractivity contribution in [3.05, 3.63) is 16.3 Å². The summed E-state index contributed by atoms with van der Waals surface area (Å²) in [6.45, 7) is 0. The van der Waals surface area contributed by atoms with Crippen molar-refractivity contribution in [2.24, 2.45) is 0 Å². The molecule has 1 aromatic heterocycles. The van der Waals surface area contributed by atoms with Crippen LogP contribution in [0.4, 0.5) is 32.3 Å². The van der Waals surface area contributed by atoms with Gasteiger partial charge in [0.05, 0.1) is 0 Å². The number of H-pyrrole nitrogens is 1. The molecule has 5 nitrogen and oxygen atoms in total. The third kappa shape index (κ3) is 3.07. The second-order valence-corrected chi connectivity index (χ2v) is 2.91. The van der Waals surface area contributed by atoms with E-state index in [0.29, 0.717) is 0 Å². The number of halogens is 6. The van der Waals surface area contributed by atoms with Crippen LogP contribution in [0.25, 0.3) is 0 Å². The van der Waals surface area contributed by atoms with E-state index in [4.69, 9.17) is 5.73 Å². The molecule has 0 unspecified atom stereocenters. The SMILES string of the molecule is Nc1nc(C(C(F)(F)F)C(F)(F)F)[nH]c(=O)n1. The fourth-order valence-electron chi connectivity index (χ4n) is 1.05. The van der Waals surface area contributed by atoms with Crippen LogP contribution in [-0.4, -0.2) is 27.3 Å². The number of rotatable bonds is 1. The van der Waals surface area contributed by atoms with E-state index in [1.807, 2.05) is 0 Å². The van der Waals surface area contributed by atoms with Crippen LogP contribution in [0.1, 0.15) is 11.7 Å². The van der Waals surface area contributed by atoms with Crippen molar-refractivity contribution in [2.45, 2.75) is 18.3 Å². The van der Waals surface area contributed by atoms with Crippen molar-refractivity contribution in [2.75, 3.05) is 5.73 Å². The molecule has 0 bridgehead atoms. The molecule has 0 aliphatic carbocycles. The van der Waals surface area contributed by atoms with Crippen LogP contribution < -0.4 is 11.4 Å². The van der Waals surface area contributed by atoms with Gasteiger partial charge in [0, 0.05) is 0 Å². The standard InChI is InChI=1S/C6H4F6N4O/c7-5(8,9)1(6(10,11)12)2-14-3(13)16-4(17)15-2/h1H,(H3,13,14,15,16,17). The van der Waals surface area contributed by atoms with Gasteiger partial charge in [-0.2, -0.15) is 36.3 Å². The van der Waals surface area contributed by atoms with Crippen molar-refractivity contribution in [3.63, 3.8) is 0 Å². The number of nitrogens with zero attached hydrogens (tertiary/aromatic N) is 2. The number of anilines is 1. The maximum atomic E-state index is 12.2. The number of nitrogens with two attached hydrogens (primary N) is 1. The smallest absolute Gasteiger partial charge is 0.368 e. The zero-order chi connectivity index (χ0) is 13.4. The van der Waals surface area contributed by atoms with E-state index < -0.39 is 35.7 Å². The van der Waals surface area contributed by atoms with Gasteiger partial charge in [0.2, 0.25) is 11.9 Å². The Morgan fingerprint density at radius 2 is 1.53 bits per heavy atom. The van der Waals surface area contributed by atoms with Gasteiger partial charge in [-0.1, -0.05) is 0 Å². The Hall–Kier alpha value is -1.81. The highest BCUT2D eigenvalue weighted by Crippen LogP contribution is 2.44. The maximum absolute atomic E-state index is 12.2. The molecule has 0 fully saturated rings. The van der Waals surface area contributed by atoms with Gasteiger partial charge in [-0.3, -0.25) is 4.98 Å². The minimum Gasteiger partial charge on any atom is -0.368 e. The van der Waals surface area contributed by atoms with Crippen molar-refractivity contribution in [1.29, 1.82) is 0 Å². The number of hydrogen-bond donors (Lipinski definition) is 2. The van der Waals surface area contributed by atoms with Crippen molar-refractivity contribution in [1.82, 2.24) is 15.0 Å². The summed E-state index contributed by atoms with van der Waals surface area (Å²) in [6.07, 6.45) is -11.3. The molecule has 0 amide bonds. The molecule has 0 saturated carbocycles. The highest BCUT2D eigenvalue weighted by molar-refractivity contribution is 5.16. The van der Waals surface area contributed by atoms with Crippen LogP contribution in [0.5, 0.6) is 0 Å². The van der Waals surface area contributed by atoms with Crippen molar-refractivity contribution >= 4 is 5.95 Å². The van der Waals surface area contributed by atoms with Gasteiger partial charge in [-0.25, -0.2) is 4.79 Å². The van der Waals surface area contributed by atoms with Crippen molar-refractivity contribution in [3.8, 4) is 0 Å². The van der Waals surface area contributed by atoms with E-state index in [-0.39, 0.29) is 0 Å². The molecule has 11 heteroatoms. The van der Waals surface area contributed by atoms with Gasteiger partial charge in [0.15, 0.2) is 0 Å². The molecule has 0 aliphatic rings. The molecule has 0 aliphatic heterocycles. The first kappa shape index (κ1) is 13.3. The van der Waals surface area contributed by atoms with Crippen LogP contribution in [0, 0.1) is 0 Å². The Labute approximate surface area is 88.7 Å². The molecule has 1 heterocycles. The monoisotopic (exact) mass is 262 g/mol. The molecule has 96 valence electrons. The summed E-state index contributed by atoms with van der Waals surface area (Å²) < 4.78 is 73.3. The predicted molar refractivity (Wildman–Crippen MR) is 41.9 cm³/mol. The summed E-state index contributed by atoms with van der Waals surface area (Å²) in [5.74, 6) is -6.52. The molecule has 1 rings (SSSR count). The van der Waals surface area contributed by atoms with Gasteiger partial charge in [-0.15, -0.1) is 0 Å². The molecule has 17 heavy (non-hydrogen) atoms. The van der Waals surface area contributed by atoms with E-state index in [1.54, 1.807) is 0 Å².